The van der Waals surface area contributed by atoms with Crippen LogP contribution in [0.25, 0.3) is 22.6 Å². The maximum absolute atomic E-state index is 13.7. The van der Waals surface area contributed by atoms with Gasteiger partial charge in [0, 0.05) is 25.9 Å². The number of H-pyrrole nitrogens is 1. The maximum atomic E-state index is 13.7. The lowest BCUT2D eigenvalue weighted by Crippen LogP contribution is -2.56. The Bertz CT molecular complexity index is 1350. The number of amides is 1. The van der Waals surface area contributed by atoms with E-state index in [2.05, 4.69) is 19.9 Å². The molecule has 1 aromatic carbocycles. The van der Waals surface area contributed by atoms with E-state index in [1.54, 1.807) is 50.3 Å². The van der Waals surface area contributed by atoms with Crippen LogP contribution in [0.2, 0.25) is 0 Å². The number of benzene rings is 1. The van der Waals surface area contributed by atoms with E-state index in [1.165, 1.54) is 12.1 Å². The summed E-state index contributed by atoms with van der Waals surface area (Å²) in [5.74, 6) is -3.11. The van der Waals surface area contributed by atoms with E-state index in [9.17, 15) is 14.0 Å². The van der Waals surface area contributed by atoms with E-state index < -0.39 is 28.9 Å². The van der Waals surface area contributed by atoms with Crippen molar-refractivity contribution in [3.63, 3.8) is 0 Å². The summed E-state index contributed by atoms with van der Waals surface area (Å²) in [5.41, 5.74) is 6.45. The lowest BCUT2D eigenvalue weighted by atomic mass is 9.91. The Kier molecular flexibility index (Phi) is 6.61. The third-order valence-electron chi connectivity index (χ3n) is 6.58. The molecule has 12 heteroatoms. The number of anilines is 1. The summed E-state index contributed by atoms with van der Waals surface area (Å²) < 4.78 is 30.9. The molecule has 0 spiro atoms. The van der Waals surface area contributed by atoms with Gasteiger partial charge < -0.3 is 29.8 Å². The second-order valence-corrected chi connectivity index (χ2v) is 10.1. The number of nitrogens with one attached hydrogen (secondary N) is 1. The molecule has 0 radical (unpaired) electrons. The minimum absolute atomic E-state index is 0.0299. The van der Waals surface area contributed by atoms with Gasteiger partial charge in [0.25, 0.3) is 5.91 Å². The third kappa shape index (κ3) is 4.84. The highest BCUT2D eigenvalue weighted by atomic mass is 19.1. The van der Waals surface area contributed by atoms with Gasteiger partial charge in [-0.3, -0.25) is 9.59 Å². The number of hydrogen-bond donors (Lipinski definition) is 2. The zero-order valence-electron chi connectivity index (χ0n) is 21.4. The number of ether oxygens (including phenoxy) is 3. The van der Waals surface area contributed by atoms with Crippen LogP contribution in [-0.2, 0) is 29.6 Å². The van der Waals surface area contributed by atoms with Crippen LogP contribution in [0.5, 0.6) is 0 Å². The molecule has 1 aliphatic carbocycles. The molecule has 2 fully saturated rings. The Balaban J connectivity index is 1.52. The maximum Gasteiger partial charge on any atom is 0.316 e. The number of carbonyl (C=O) groups is 2. The van der Waals surface area contributed by atoms with Gasteiger partial charge in [-0.2, -0.15) is 0 Å². The largest absolute Gasteiger partial charge is 0.465 e. The molecule has 0 atom stereocenters. The van der Waals surface area contributed by atoms with Gasteiger partial charge in [-0.1, -0.05) is 0 Å². The van der Waals surface area contributed by atoms with Gasteiger partial charge in [-0.15, -0.1) is 0 Å². The number of aromatic amines is 1. The van der Waals surface area contributed by atoms with Crippen molar-refractivity contribution in [3.05, 3.63) is 48.2 Å². The molecule has 200 valence electrons. The molecule has 2 aromatic heterocycles. The Hall–Kier alpha value is -3.90. The first kappa shape index (κ1) is 25.7. The van der Waals surface area contributed by atoms with E-state index in [4.69, 9.17) is 19.9 Å². The van der Waals surface area contributed by atoms with E-state index in [1.807, 2.05) is 0 Å². The quantitative estimate of drug-likeness (QED) is 0.424. The van der Waals surface area contributed by atoms with Crippen molar-refractivity contribution >= 4 is 17.8 Å². The van der Waals surface area contributed by atoms with Crippen molar-refractivity contribution in [1.82, 2.24) is 19.9 Å². The number of carbonyl (C=O) groups excluding carboxylic acids is 2. The predicted octanol–water partition coefficient (Wildman–Crippen LogP) is 2.38. The number of imidazole rings is 1. The van der Waals surface area contributed by atoms with Crippen LogP contribution < -0.4 is 10.6 Å². The fourth-order valence-electron chi connectivity index (χ4n) is 4.01. The van der Waals surface area contributed by atoms with Crippen molar-refractivity contribution in [2.45, 2.75) is 25.6 Å². The first-order valence-corrected chi connectivity index (χ1v) is 12.2. The molecule has 3 N–H and O–H groups in total. The fraction of sp³-hybridized carbons (Fsp3) is 0.423. The number of esters is 1. The summed E-state index contributed by atoms with van der Waals surface area (Å²) >= 11 is 0. The van der Waals surface area contributed by atoms with Crippen LogP contribution in [0.4, 0.5) is 10.3 Å². The van der Waals surface area contributed by atoms with E-state index >= 15 is 0 Å². The van der Waals surface area contributed by atoms with Gasteiger partial charge in [0.1, 0.15) is 11.2 Å². The molecule has 0 unspecified atom stereocenters. The zero-order valence-corrected chi connectivity index (χ0v) is 21.4. The number of nitrogens with zero attached hydrogens (tertiary/aromatic N) is 4. The topological polar surface area (TPSA) is 146 Å². The van der Waals surface area contributed by atoms with Gasteiger partial charge in [0.15, 0.2) is 5.82 Å². The second kappa shape index (κ2) is 9.76. The molecule has 1 amide bonds. The smallest absolute Gasteiger partial charge is 0.316 e. The molecule has 3 heterocycles. The van der Waals surface area contributed by atoms with Gasteiger partial charge in [0.05, 0.1) is 36.9 Å². The van der Waals surface area contributed by atoms with Crippen LogP contribution in [0.3, 0.4) is 0 Å². The highest BCUT2D eigenvalue weighted by Crippen LogP contribution is 2.40. The molecule has 1 saturated heterocycles. The molecular weight excluding hydrogens is 495 g/mol. The molecular formula is C26H29FN6O5. The van der Waals surface area contributed by atoms with Crippen LogP contribution in [0.1, 0.15) is 25.6 Å². The first-order chi connectivity index (χ1) is 18.1. The molecule has 38 heavy (non-hydrogen) atoms. The fourth-order valence-corrected chi connectivity index (χ4v) is 4.01. The Morgan fingerprint density at radius 3 is 2.45 bits per heavy atom. The summed E-state index contributed by atoms with van der Waals surface area (Å²) in [6, 6.07) is 7.38. The molecule has 0 bridgehead atoms. The van der Waals surface area contributed by atoms with Gasteiger partial charge >= 0.3 is 11.8 Å². The summed E-state index contributed by atoms with van der Waals surface area (Å²) in [5, 5.41) is 0. The van der Waals surface area contributed by atoms with E-state index in [-0.39, 0.29) is 19.0 Å². The van der Waals surface area contributed by atoms with Crippen molar-refractivity contribution in [1.29, 1.82) is 0 Å². The number of rotatable bonds is 8. The van der Waals surface area contributed by atoms with Gasteiger partial charge in [-0.25, -0.2) is 19.3 Å². The molecule has 5 rings (SSSR count). The monoisotopic (exact) mass is 524 g/mol. The van der Waals surface area contributed by atoms with E-state index in [0.717, 1.165) is 12.8 Å². The van der Waals surface area contributed by atoms with Crippen molar-refractivity contribution < 1.29 is 28.2 Å². The minimum atomic E-state index is -2.10. The van der Waals surface area contributed by atoms with Crippen molar-refractivity contribution in [2.24, 2.45) is 17.1 Å². The lowest BCUT2D eigenvalue weighted by Gasteiger charge is -2.40. The minimum Gasteiger partial charge on any atom is -0.465 e. The number of primary amides is 1. The summed E-state index contributed by atoms with van der Waals surface area (Å²) in [7, 11) is 3.60. The van der Waals surface area contributed by atoms with Crippen LogP contribution in [-0.4, -0.2) is 65.7 Å². The normalized spacial score (nSPS) is 23.2. The number of halogens is 1. The van der Waals surface area contributed by atoms with Crippen LogP contribution >= 0.6 is 0 Å². The van der Waals surface area contributed by atoms with Crippen molar-refractivity contribution in [3.8, 4) is 22.6 Å². The van der Waals surface area contributed by atoms with Gasteiger partial charge in [-0.05, 0) is 56.0 Å². The average molecular weight is 525 g/mol. The summed E-state index contributed by atoms with van der Waals surface area (Å²) in [6.07, 6.45) is 3.67. The van der Waals surface area contributed by atoms with Crippen molar-refractivity contribution in [2.75, 3.05) is 38.8 Å². The Labute approximate surface area is 218 Å². The predicted molar refractivity (Wildman–Crippen MR) is 134 cm³/mol. The standard InChI is InChI=1S/C26H29FN6O5/c1-25(23(35)36-12-15-4-5-15)13-37-26(21(28)34,38-14-25)22-31-19(16-6-8-17(27)9-7-16)20(32-22)18-10-11-29-24(30-18)33(2)3/h6-11,15H,4-5,12-14H2,1-3H3,(H2,28,34)(H,31,32). The Morgan fingerprint density at radius 2 is 1.84 bits per heavy atom. The molecule has 11 nitrogen and oxygen atoms in total. The second-order valence-electron chi connectivity index (χ2n) is 10.1. The zero-order chi connectivity index (χ0) is 27.1. The van der Waals surface area contributed by atoms with Gasteiger partial charge in [0.2, 0.25) is 5.95 Å². The molecule has 3 aromatic rings. The number of nitrogens with two attached hydrogens (primary N) is 1. The SMILES string of the molecule is CN(C)c1nccc(-c2[nH]c(C3(C(N)=O)OCC(C)(C(=O)OCC4CC4)CO3)nc2-c2ccc(F)cc2)n1. The molecule has 1 saturated carbocycles. The number of hydrogen-bond acceptors (Lipinski definition) is 9. The summed E-state index contributed by atoms with van der Waals surface area (Å²) in [4.78, 5) is 43.8. The summed E-state index contributed by atoms with van der Waals surface area (Å²) in [6.45, 7) is 1.64. The average Bonchev–Trinajstić information content (AvgIpc) is 3.64. The first-order valence-electron chi connectivity index (χ1n) is 12.2. The Morgan fingerprint density at radius 1 is 1.16 bits per heavy atom. The highest BCUT2D eigenvalue weighted by Gasteiger charge is 2.54. The van der Waals surface area contributed by atoms with E-state index in [0.29, 0.717) is 41.1 Å². The number of aromatic nitrogens is 4. The third-order valence-corrected chi connectivity index (χ3v) is 6.58. The lowest BCUT2D eigenvalue weighted by molar-refractivity contribution is -0.293. The highest BCUT2D eigenvalue weighted by molar-refractivity contribution is 5.85. The molecule has 1 aliphatic heterocycles. The van der Waals surface area contributed by atoms with Crippen LogP contribution in [0, 0.1) is 17.2 Å². The molecule has 2 aliphatic rings. The van der Waals surface area contributed by atoms with Crippen LogP contribution in [0.15, 0.2) is 36.5 Å².